The van der Waals surface area contributed by atoms with E-state index in [1.165, 1.54) is 5.56 Å². The van der Waals surface area contributed by atoms with Crippen LogP contribution in [0.5, 0.6) is 5.75 Å². The number of aliphatic hydroxyl groups excluding tert-OH is 1. The van der Waals surface area contributed by atoms with Crippen LogP contribution in [0.3, 0.4) is 0 Å². The topological polar surface area (TPSA) is 59.0 Å². The van der Waals surface area contributed by atoms with E-state index in [2.05, 4.69) is 37.8 Å². The first kappa shape index (κ1) is 20.7. The van der Waals surface area contributed by atoms with Gasteiger partial charge in [0.15, 0.2) is 0 Å². The highest BCUT2D eigenvalue weighted by Gasteiger charge is 2.26. The minimum atomic E-state index is -0.545. The Hall–Kier alpha value is -1.59. The van der Waals surface area contributed by atoms with Gasteiger partial charge in [0.1, 0.15) is 18.5 Å². The third-order valence-corrected chi connectivity index (χ3v) is 4.84. The number of piperidine rings is 1. The second-order valence-electron chi connectivity index (χ2n) is 8.07. The molecule has 0 bridgehead atoms. The van der Waals surface area contributed by atoms with Crippen molar-refractivity contribution in [1.29, 1.82) is 0 Å². The molecule has 1 saturated heterocycles. The Morgan fingerprint density at radius 3 is 2.38 bits per heavy atom. The molecule has 1 aliphatic rings. The van der Waals surface area contributed by atoms with Gasteiger partial charge in [0.2, 0.25) is 0 Å². The van der Waals surface area contributed by atoms with Crippen molar-refractivity contribution < 1.29 is 19.4 Å². The predicted octanol–water partition coefficient (Wildman–Crippen LogP) is 3.00. The van der Waals surface area contributed by atoms with Crippen molar-refractivity contribution in [2.24, 2.45) is 5.92 Å². The molecule has 1 aliphatic heterocycles. The van der Waals surface area contributed by atoms with Crippen LogP contribution in [0.1, 0.15) is 46.1 Å². The number of β-amino-alcohol motifs (C(OH)–C–C–N with tert-alkyl or cyclic N) is 1. The molecule has 0 radical (unpaired) electrons. The third-order valence-electron chi connectivity index (χ3n) is 4.84. The normalized spacial score (nSPS) is 17.7. The fraction of sp³-hybridized carbons (Fsp3) is 0.667. The fourth-order valence-electron chi connectivity index (χ4n) is 3.21. The molecule has 1 atom stereocenters. The second kappa shape index (κ2) is 9.38. The highest BCUT2D eigenvalue weighted by molar-refractivity contribution is 5.72. The van der Waals surface area contributed by atoms with Crippen molar-refractivity contribution in [3.63, 3.8) is 0 Å². The summed E-state index contributed by atoms with van der Waals surface area (Å²) in [6, 6.07) is 8.06. The lowest BCUT2D eigenvalue weighted by molar-refractivity contribution is -0.149. The lowest BCUT2D eigenvalue weighted by Gasteiger charge is -2.32. The van der Waals surface area contributed by atoms with Gasteiger partial charge in [-0.1, -0.05) is 32.9 Å². The lowest BCUT2D eigenvalue weighted by atomic mass is 9.87. The summed E-state index contributed by atoms with van der Waals surface area (Å²) in [7, 11) is 0. The maximum atomic E-state index is 11.8. The maximum absolute atomic E-state index is 11.8. The van der Waals surface area contributed by atoms with Crippen molar-refractivity contribution >= 4 is 5.97 Å². The molecular weight excluding hydrogens is 330 g/mol. The van der Waals surface area contributed by atoms with Crippen molar-refractivity contribution in [2.75, 3.05) is 32.8 Å². The monoisotopic (exact) mass is 363 g/mol. The van der Waals surface area contributed by atoms with E-state index in [0.717, 1.165) is 31.7 Å². The number of hydrogen-bond acceptors (Lipinski definition) is 5. The fourth-order valence-corrected chi connectivity index (χ4v) is 3.21. The van der Waals surface area contributed by atoms with Crippen LogP contribution in [-0.2, 0) is 14.9 Å². The summed E-state index contributed by atoms with van der Waals surface area (Å²) in [6.45, 7) is 11.3. The smallest absolute Gasteiger partial charge is 0.309 e. The summed E-state index contributed by atoms with van der Waals surface area (Å²) in [6.07, 6.45) is 1.04. The standard InChI is InChI=1S/C21H33NO4/c1-5-25-20(24)16-10-12-22(13-11-16)14-18(23)15-26-19-8-6-17(7-9-19)21(2,3)4/h6-9,16,18,23H,5,10-15H2,1-4H3/t18-/m1/s1. The molecule has 0 unspecified atom stereocenters. The zero-order valence-electron chi connectivity index (χ0n) is 16.5. The Bertz CT molecular complexity index is 556. The van der Waals surface area contributed by atoms with E-state index in [1.54, 1.807) is 0 Å². The number of likely N-dealkylation sites (tertiary alicyclic amines) is 1. The molecule has 5 nitrogen and oxygen atoms in total. The molecular formula is C21H33NO4. The Kier molecular flexibility index (Phi) is 7.47. The van der Waals surface area contributed by atoms with Gasteiger partial charge in [-0.15, -0.1) is 0 Å². The third kappa shape index (κ3) is 6.29. The minimum Gasteiger partial charge on any atom is -0.491 e. The van der Waals surface area contributed by atoms with Crippen LogP contribution in [0.25, 0.3) is 0 Å². The van der Waals surface area contributed by atoms with Crippen molar-refractivity contribution in [3.05, 3.63) is 29.8 Å². The van der Waals surface area contributed by atoms with Gasteiger partial charge < -0.3 is 19.5 Å². The van der Waals surface area contributed by atoms with Crippen LogP contribution in [0, 0.1) is 5.92 Å². The first-order chi connectivity index (χ1) is 12.3. The van der Waals surface area contributed by atoms with Gasteiger partial charge in [-0.3, -0.25) is 4.79 Å². The number of aliphatic hydroxyl groups is 1. The molecule has 1 aromatic carbocycles. The molecule has 0 spiro atoms. The molecule has 1 aromatic rings. The molecule has 1 N–H and O–H groups in total. The van der Waals surface area contributed by atoms with Gasteiger partial charge in [0, 0.05) is 6.54 Å². The highest BCUT2D eigenvalue weighted by atomic mass is 16.5. The Morgan fingerprint density at radius 1 is 1.23 bits per heavy atom. The zero-order chi connectivity index (χ0) is 19.2. The van der Waals surface area contributed by atoms with Crippen molar-refractivity contribution in [3.8, 4) is 5.75 Å². The molecule has 146 valence electrons. The van der Waals surface area contributed by atoms with Gasteiger partial charge in [-0.05, 0) is 56.0 Å². The summed E-state index contributed by atoms with van der Waals surface area (Å²) in [5.74, 6) is 0.689. The summed E-state index contributed by atoms with van der Waals surface area (Å²) in [4.78, 5) is 13.9. The Labute approximate surface area is 157 Å². The number of esters is 1. The van der Waals surface area contributed by atoms with Gasteiger partial charge in [-0.2, -0.15) is 0 Å². The van der Waals surface area contributed by atoms with Gasteiger partial charge in [-0.25, -0.2) is 0 Å². The Morgan fingerprint density at radius 2 is 1.85 bits per heavy atom. The Balaban J connectivity index is 1.71. The zero-order valence-corrected chi connectivity index (χ0v) is 16.5. The molecule has 0 saturated carbocycles. The van der Waals surface area contributed by atoms with Gasteiger partial charge in [0.25, 0.3) is 0 Å². The van der Waals surface area contributed by atoms with E-state index in [1.807, 2.05) is 19.1 Å². The predicted molar refractivity (Wildman–Crippen MR) is 102 cm³/mol. The van der Waals surface area contributed by atoms with Crippen molar-refractivity contribution in [2.45, 2.75) is 52.1 Å². The molecule has 1 fully saturated rings. The SMILES string of the molecule is CCOC(=O)C1CCN(C[C@@H](O)COc2ccc(C(C)(C)C)cc2)CC1. The number of carbonyl (C=O) groups is 1. The van der Waals surface area contributed by atoms with E-state index in [-0.39, 0.29) is 23.9 Å². The number of benzene rings is 1. The van der Waals surface area contributed by atoms with Crippen LogP contribution < -0.4 is 4.74 Å². The molecule has 0 aliphatic carbocycles. The number of carbonyl (C=O) groups excluding carboxylic acids is 1. The molecule has 1 heterocycles. The van der Waals surface area contributed by atoms with E-state index >= 15 is 0 Å². The highest BCUT2D eigenvalue weighted by Crippen LogP contribution is 2.24. The van der Waals surface area contributed by atoms with Crippen LogP contribution in [0.15, 0.2) is 24.3 Å². The first-order valence-corrected chi connectivity index (χ1v) is 9.60. The lowest BCUT2D eigenvalue weighted by Crippen LogP contribution is -2.42. The number of ether oxygens (including phenoxy) is 2. The minimum absolute atomic E-state index is 0.000855. The number of rotatable bonds is 7. The van der Waals surface area contributed by atoms with Gasteiger partial charge >= 0.3 is 5.97 Å². The van der Waals surface area contributed by atoms with E-state index in [9.17, 15) is 9.90 Å². The van der Waals surface area contributed by atoms with Crippen LogP contribution in [-0.4, -0.2) is 54.9 Å². The molecule has 26 heavy (non-hydrogen) atoms. The van der Waals surface area contributed by atoms with Gasteiger partial charge in [0.05, 0.1) is 12.5 Å². The summed E-state index contributed by atoms with van der Waals surface area (Å²) >= 11 is 0. The largest absolute Gasteiger partial charge is 0.491 e. The molecule has 0 aromatic heterocycles. The average molecular weight is 363 g/mol. The van der Waals surface area contributed by atoms with Crippen molar-refractivity contribution in [1.82, 2.24) is 4.90 Å². The maximum Gasteiger partial charge on any atom is 0.309 e. The number of nitrogens with zero attached hydrogens (tertiary/aromatic N) is 1. The van der Waals surface area contributed by atoms with Crippen LogP contribution in [0.2, 0.25) is 0 Å². The molecule has 5 heteroatoms. The summed E-state index contributed by atoms with van der Waals surface area (Å²) in [5.41, 5.74) is 1.38. The number of hydrogen-bond donors (Lipinski definition) is 1. The van der Waals surface area contributed by atoms with E-state index < -0.39 is 6.10 Å². The first-order valence-electron chi connectivity index (χ1n) is 9.60. The average Bonchev–Trinajstić information content (AvgIpc) is 2.60. The molecule has 0 amide bonds. The summed E-state index contributed by atoms with van der Waals surface area (Å²) < 4.78 is 10.8. The van der Waals surface area contributed by atoms with Crippen LogP contribution >= 0.6 is 0 Å². The quantitative estimate of drug-likeness (QED) is 0.755. The van der Waals surface area contributed by atoms with Crippen LogP contribution in [0.4, 0.5) is 0 Å². The summed E-state index contributed by atoms with van der Waals surface area (Å²) in [5, 5.41) is 10.2. The second-order valence-corrected chi connectivity index (χ2v) is 8.07. The molecule has 2 rings (SSSR count). The van der Waals surface area contributed by atoms with E-state index in [0.29, 0.717) is 13.2 Å². The van der Waals surface area contributed by atoms with E-state index in [4.69, 9.17) is 9.47 Å².